The quantitative estimate of drug-likeness (QED) is 0.219. The maximum absolute atomic E-state index is 12.1. The predicted octanol–water partition coefficient (Wildman–Crippen LogP) is 3.20. The van der Waals surface area contributed by atoms with E-state index < -0.39 is 0 Å². The van der Waals surface area contributed by atoms with E-state index in [1.54, 1.807) is 0 Å². The van der Waals surface area contributed by atoms with Crippen molar-refractivity contribution in [2.45, 2.75) is 58.4 Å². The van der Waals surface area contributed by atoms with E-state index in [0.717, 1.165) is 43.9 Å². The third-order valence-electron chi connectivity index (χ3n) is 5.45. The Kier molecular flexibility index (Phi) is 12.9. The van der Waals surface area contributed by atoms with Gasteiger partial charge in [0.05, 0.1) is 0 Å². The summed E-state index contributed by atoms with van der Waals surface area (Å²) < 4.78 is 0. The van der Waals surface area contributed by atoms with Gasteiger partial charge in [-0.1, -0.05) is 49.6 Å². The van der Waals surface area contributed by atoms with Crippen LogP contribution in [-0.2, 0) is 11.3 Å². The van der Waals surface area contributed by atoms with Gasteiger partial charge in [0.25, 0.3) is 0 Å². The van der Waals surface area contributed by atoms with Gasteiger partial charge in [-0.3, -0.25) is 9.79 Å². The van der Waals surface area contributed by atoms with Crippen LogP contribution in [-0.4, -0.2) is 43.2 Å². The van der Waals surface area contributed by atoms with Gasteiger partial charge in [-0.15, -0.1) is 24.0 Å². The fourth-order valence-electron chi connectivity index (χ4n) is 3.79. The predicted molar refractivity (Wildman–Crippen MR) is 130 cm³/mol. The molecule has 6 nitrogen and oxygen atoms in total. The van der Waals surface area contributed by atoms with Crippen LogP contribution in [0.4, 0.5) is 0 Å². The fourth-order valence-corrected chi connectivity index (χ4v) is 3.79. The molecule has 7 heteroatoms. The average Bonchev–Trinajstić information content (AvgIpc) is 2.72. The lowest BCUT2D eigenvalue weighted by Crippen LogP contribution is -2.40. The van der Waals surface area contributed by atoms with Crippen molar-refractivity contribution in [3.8, 4) is 0 Å². The molecule has 1 saturated carbocycles. The van der Waals surface area contributed by atoms with Crippen LogP contribution in [0.25, 0.3) is 0 Å². The first-order valence-corrected chi connectivity index (χ1v) is 10.6. The molecule has 4 N–H and O–H groups in total. The molecule has 0 radical (unpaired) electrons. The van der Waals surface area contributed by atoms with E-state index in [-0.39, 0.29) is 41.9 Å². The molecule has 0 unspecified atom stereocenters. The number of nitrogens with one attached hydrogen (secondary N) is 3. The topological polar surface area (TPSA) is 85.8 Å². The molecule has 0 saturated heterocycles. The summed E-state index contributed by atoms with van der Waals surface area (Å²) in [7, 11) is 0. The number of amides is 1. The second kappa shape index (κ2) is 14.6. The summed E-state index contributed by atoms with van der Waals surface area (Å²) in [5.41, 5.74) is 1.22. The summed E-state index contributed by atoms with van der Waals surface area (Å²) in [6.07, 6.45) is 7.23. The van der Waals surface area contributed by atoms with Crippen molar-refractivity contribution in [3.05, 3.63) is 35.9 Å². The summed E-state index contributed by atoms with van der Waals surface area (Å²) in [4.78, 5) is 16.8. The van der Waals surface area contributed by atoms with Gasteiger partial charge < -0.3 is 21.1 Å². The molecule has 1 aliphatic carbocycles. The maximum Gasteiger partial charge on any atom is 0.222 e. The number of hydrogen-bond acceptors (Lipinski definition) is 3. The number of aliphatic hydroxyl groups excluding tert-OH is 1. The van der Waals surface area contributed by atoms with Crippen LogP contribution < -0.4 is 16.0 Å². The molecule has 1 aromatic rings. The SMILES string of the molecule is CCNC(=NCC1(CCO)CCCCC1)NCCC(=O)NCc1ccccc1.I. The van der Waals surface area contributed by atoms with E-state index in [1.165, 1.54) is 19.3 Å². The van der Waals surface area contributed by atoms with Gasteiger partial charge in [0.15, 0.2) is 5.96 Å². The minimum absolute atomic E-state index is 0. The van der Waals surface area contributed by atoms with Crippen molar-refractivity contribution in [1.82, 2.24) is 16.0 Å². The van der Waals surface area contributed by atoms with Crippen LogP contribution >= 0.6 is 24.0 Å². The zero-order valence-electron chi connectivity index (χ0n) is 17.6. The minimum atomic E-state index is 0. The molecule has 0 bridgehead atoms. The van der Waals surface area contributed by atoms with E-state index >= 15 is 0 Å². The van der Waals surface area contributed by atoms with Crippen LogP contribution in [0.1, 0.15) is 57.4 Å². The van der Waals surface area contributed by atoms with Crippen molar-refractivity contribution in [1.29, 1.82) is 0 Å². The Bertz CT molecular complexity index is 599. The highest BCUT2D eigenvalue weighted by atomic mass is 127. The second-order valence-electron chi connectivity index (χ2n) is 7.67. The van der Waals surface area contributed by atoms with Crippen LogP contribution in [0.2, 0.25) is 0 Å². The van der Waals surface area contributed by atoms with Gasteiger partial charge in [-0.05, 0) is 37.2 Å². The van der Waals surface area contributed by atoms with E-state index in [1.807, 2.05) is 37.3 Å². The zero-order chi connectivity index (χ0) is 20.1. The molecule has 1 aliphatic rings. The smallest absolute Gasteiger partial charge is 0.222 e. The number of carbonyl (C=O) groups excluding carboxylic acids is 1. The molecule has 2 rings (SSSR count). The van der Waals surface area contributed by atoms with E-state index in [2.05, 4.69) is 16.0 Å². The number of halogens is 1. The zero-order valence-corrected chi connectivity index (χ0v) is 19.9. The molecule has 0 atom stereocenters. The Balaban J connectivity index is 0.00000420. The molecule has 0 aliphatic heterocycles. The number of hydrogen-bond donors (Lipinski definition) is 4. The second-order valence-corrected chi connectivity index (χ2v) is 7.67. The molecular formula is C22H37IN4O2. The number of nitrogens with zero attached hydrogens (tertiary/aromatic N) is 1. The number of carbonyl (C=O) groups is 1. The van der Waals surface area contributed by atoms with Gasteiger partial charge in [0.1, 0.15) is 0 Å². The molecule has 1 amide bonds. The standard InChI is InChI=1S/C22H36N4O2.HI/c1-2-23-21(26-18-22(14-16-27)12-7-4-8-13-22)24-15-11-20(28)25-17-19-9-5-3-6-10-19;/h3,5-6,9-10,27H,2,4,7-8,11-18H2,1H3,(H,25,28)(H2,23,24,26);1H. The van der Waals surface area contributed by atoms with Crippen molar-refractivity contribution >= 4 is 35.8 Å². The van der Waals surface area contributed by atoms with Crippen LogP contribution in [0.15, 0.2) is 35.3 Å². The Morgan fingerprint density at radius 1 is 1.10 bits per heavy atom. The highest BCUT2D eigenvalue weighted by Gasteiger charge is 2.31. The van der Waals surface area contributed by atoms with Crippen LogP contribution in [0.5, 0.6) is 0 Å². The van der Waals surface area contributed by atoms with Gasteiger partial charge in [-0.25, -0.2) is 0 Å². The number of aliphatic hydroxyl groups is 1. The Morgan fingerprint density at radius 2 is 1.83 bits per heavy atom. The molecule has 1 aromatic carbocycles. The lowest BCUT2D eigenvalue weighted by molar-refractivity contribution is -0.121. The lowest BCUT2D eigenvalue weighted by Gasteiger charge is -2.35. The van der Waals surface area contributed by atoms with Gasteiger partial charge >= 0.3 is 0 Å². The third kappa shape index (κ3) is 9.80. The van der Waals surface area contributed by atoms with Gasteiger partial charge in [0, 0.05) is 39.2 Å². The first kappa shape index (κ1) is 25.7. The lowest BCUT2D eigenvalue weighted by atomic mass is 9.72. The average molecular weight is 516 g/mol. The number of guanidine groups is 1. The molecule has 0 aromatic heterocycles. The number of rotatable bonds is 10. The van der Waals surface area contributed by atoms with Crippen molar-refractivity contribution in [2.75, 3.05) is 26.2 Å². The van der Waals surface area contributed by atoms with E-state index in [4.69, 9.17) is 4.99 Å². The monoisotopic (exact) mass is 516 g/mol. The largest absolute Gasteiger partial charge is 0.396 e. The molecule has 1 fully saturated rings. The molecule has 164 valence electrons. The van der Waals surface area contributed by atoms with Crippen molar-refractivity contribution in [3.63, 3.8) is 0 Å². The van der Waals surface area contributed by atoms with E-state index in [9.17, 15) is 9.90 Å². The molecule has 29 heavy (non-hydrogen) atoms. The summed E-state index contributed by atoms with van der Waals surface area (Å²) >= 11 is 0. The number of benzene rings is 1. The summed E-state index contributed by atoms with van der Waals surface area (Å²) in [6, 6.07) is 9.91. The minimum Gasteiger partial charge on any atom is -0.396 e. The Morgan fingerprint density at radius 3 is 2.48 bits per heavy atom. The Hall–Kier alpha value is -1.35. The third-order valence-corrected chi connectivity index (χ3v) is 5.45. The van der Waals surface area contributed by atoms with Crippen molar-refractivity contribution < 1.29 is 9.90 Å². The summed E-state index contributed by atoms with van der Waals surface area (Å²) in [6.45, 7) is 4.86. The summed E-state index contributed by atoms with van der Waals surface area (Å²) in [5, 5.41) is 18.9. The van der Waals surface area contributed by atoms with Crippen molar-refractivity contribution in [2.24, 2.45) is 10.4 Å². The highest BCUT2D eigenvalue weighted by molar-refractivity contribution is 14.0. The summed E-state index contributed by atoms with van der Waals surface area (Å²) in [5.74, 6) is 0.775. The first-order valence-electron chi connectivity index (χ1n) is 10.6. The highest BCUT2D eigenvalue weighted by Crippen LogP contribution is 2.39. The van der Waals surface area contributed by atoms with E-state index in [0.29, 0.717) is 19.5 Å². The molecule has 0 heterocycles. The molecule has 0 spiro atoms. The maximum atomic E-state index is 12.1. The molecular weight excluding hydrogens is 479 g/mol. The Labute approximate surface area is 192 Å². The number of aliphatic imine (C=N–C) groups is 1. The van der Waals surface area contributed by atoms with Crippen LogP contribution in [0.3, 0.4) is 0 Å². The van der Waals surface area contributed by atoms with Gasteiger partial charge in [-0.2, -0.15) is 0 Å². The normalized spacial score (nSPS) is 15.9. The van der Waals surface area contributed by atoms with Gasteiger partial charge in [0.2, 0.25) is 5.91 Å². The van der Waals surface area contributed by atoms with Crippen LogP contribution in [0, 0.1) is 5.41 Å². The first-order chi connectivity index (χ1) is 13.7. The fraction of sp³-hybridized carbons (Fsp3) is 0.636.